The molecule has 1 aliphatic heterocycles. The van der Waals surface area contributed by atoms with Crippen LogP contribution in [0.3, 0.4) is 0 Å². The Bertz CT molecular complexity index is 1220. The van der Waals surface area contributed by atoms with Crippen molar-refractivity contribution in [3.63, 3.8) is 0 Å². The molecule has 0 bridgehead atoms. The van der Waals surface area contributed by atoms with Crippen LogP contribution in [0.25, 0.3) is 11.0 Å². The summed E-state index contributed by atoms with van der Waals surface area (Å²) in [6.07, 6.45) is 0. The second kappa shape index (κ2) is 8.18. The molecule has 1 saturated heterocycles. The van der Waals surface area contributed by atoms with Crippen molar-refractivity contribution in [2.75, 3.05) is 31.1 Å². The van der Waals surface area contributed by atoms with Gasteiger partial charge in [0.25, 0.3) is 5.91 Å². The minimum atomic E-state index is -0.230. The van der Waals surface area contributed by atoms with Crippen molar-refractivity contribution >= 4 is 22.6 Å². The molecule has 5 rings (SSSR count). The molecule has 1 amide bonds. The van der Waals surface area contributed by atoms with E-state index in [0.29, 0.717) is 49.5 Å². The molecule has 0 N–H and O–H groups in total. The molecule has 1 aromatic heterocycles. The summed E-state index contributed by atoms with van der Waals surface area (Å²) in [5.74, 6) is -0.265. The zero-order valence-electron chi connectivity index (χ0n) is 17.0. The van der Waals surface area contributed by atoms with Crippen molar-refractivity contribution in [2.24, 2.45) is 0 Å². The van der Waals surface area contributed by atoms with Crippen molar-refractivity contribution < 1.29 is 9.18 Å². The smallest absolute Gasteiger partial charge is 0.254 e. The Morgan fingerprint density at radius 1 is 0.903 bits per heavy atom. The number of amides is 1. The molecular weight excluding hydrogens is 393 g/mol. The van der Waals surface area contributed by atoms with Gasteiger partial charge in [-0.25, -0.2) is 9.07 Å². The number of para-hydroxylation sites is 1. The average molecular weight is 415 g/mol. The van der Waals surface area contributed by atoms with Crippen LogP contribution in [0.5, 0.6) is 0 Å². The fourth-order valence-corrected chi connectivity index (χ4v) is 4.02. The second-order valence-electron chi connectivity index (χ2n) is 7.67. The molecular formula is C24H22FN5O. The summed E-state index contributed by atoms with van der Waals surface area (Å²) in [6.45, 7) is 2.92. The number of rotatable bonds is 4. The van der Waals surface area contributed by atoms with Crippen LogP contribution in [0.4, 0.5) is 10.1 Å². The largest absolute Gasteiger partial charge is 0.366 e. The van der Waals surface area contributed by atoms with Gasteiger partial charge in [-0.05, 0) is 35.9 Å². The first-order valence-electron chi connectivity index (χ1n) is 10.3. The molecule has 0 spiro atoms. The van der Waals surface area contributed by atoms with Crippen molar-refractivity contribution in [3.8, 4) is 0 Å². The Hall–Kier alpha value is -3.74. The number of hydrogen-bond acceptors (Lipinski definition) is 4. The zero-order chi connectivity index (χ0) is 21.2. The molecule has 6 nitrogen and oxygen atoms in total. The Kier molecular flexibility index (Phi) is 5.08. The van der Waals surface area contributed by atoms with Gasteiger partial charge >= 0.3 is 0 Å². The maximum Gasteiger partial charge on any atom is 0.254 e. The molecule has 31 heavy (non-hydrogen) atoms. The number of aromatic nitrogens is 3. The monoisotopic (exact) mass is 415 g/mol. The summed E-state index contributed by atoms with van der Waals surface area (Å²) >= 11 is 0. The van der Waals surface area contributed by atoms with Gasteiger partial charge in [0.1, 0.15) is 11.3 Å². The van der Waals surface area contributed by atoms with E-state index < -0.39 is 0 Å². The first-order valence-corrected chi connectivity index (χ1v) is 10.3. The number of benzene rings is 3. The van der Waals surface area contributed by atoms with E-state index >= 15 is 0 Å². The first kappa shape index (κ1) is 19.2. The summed E-state index contributed by atoms with van der Waals surface area (Å²) in [7, 11) is 0. The molecule has 156 valence electrons. The second-order valence-corrected chi connectivity index (χ2v) is 7.67. The highest BCUT2D eigenvalue weighted by Gasteiger charge is 2.24. The highest BCUT2D eigenvalue weighted by atomic mass is 19.1. The summed E-state index contributed by atoms with van der Waals surface area (Å²) in [6, 6.07) is 22.4. The van der Waals surface area contributed by atoms with Gasteiger partial charge in [0.15, 0.2) is 0 Å². The lowest BCUT2D eigenvalue weighted by atomic mass is 10.1. The molecule has 0 aliphatic carbocycles. The lowest BCUT2D eigenvalue weighted by molar-refractivity contribution is 0.0747. The number of piperazine rings is 1. The van der Waals surface area contributed by atoms with Crippen molar-refractivity contribution in [1.29, 1.82) is 0 Å². The Morgan fingerprint density at radius 3 is 2.42 bits per heavy atom. The van der Waals surface area contributed by atoms with Crippen molar-refractivity contribution in [1.82, 2.24) is 19.9 Å². The van der Waals surface area contributed by atoms with Gasteiger partial charge in [-0.15, -0.1) is 5.10 Å². The summed E-state index contributed by atoms with van der Waals surface area (Å²) in [4.78, 5) is 16.8. The Balaban J connectivity index is 1.29. The van der Waals surface area contributed by atoms with Crippen LogP contribution in [-0.2, 0) is 6.54 Å². The van der Waals surface area contributed by atoms with E-state index in [1.165, 1.54) is 6.07 Å². The van der Waals surface area contributed by atoms with Gasteiger partial charge in [0.2, 0.25) is 0 Å². The third-order valence-corrected chi connectivity index (χ3v) is 5.70. The highest BCUT2D eigenvalue weighted by molar-refractivity contribution is 5.97. The Morgan fingerprint density at radius 2 is 1.65 bits per heavy atom. The molecule has 0 saturated carbocycles. The highest BCUT2D eigenvalue weighted by Crippen LogP contribution is 2.22. The summed E-state index contributed by atoms with van der Waals surface area (Å²) < 4.78 is 15.9. The van der Waals surface area contributed by atoms with Crippen LogP contribution in [-0.4, -0.2) is 52.0 Å². The third-order valence-electron chi connectivity index (χ3n) is 5.70. The van der Waals surface area contributed by atoms with E-state index in [4.69, 9.17) is 0 Å². The minimum Gasteiger partial charge on any atom is -0.366 e. The van der Waals surface area contributed by atoms with Gasteiger partial charge in [0.05, 0.1) is 17.7 Å². The molecule has 1 fully saturated rings. The normalized spacial score (nSPS) is 14.2. The fraction of sp³-hybridized carbons (Fsp3) is 0.208. The SMILES string of the molecule is O=C(c1ccc2c(c1)nnn2Cc1ccccc1)N1CCN(c2ccccc2F)CC1. The molecule has 2 heterocycles. The average Bonchev–Trinajstić information content (AvgIpc) is 3.22. The summed E-state index contributed by atoms with van der Waals surface area (Å²) in [5, 5.41) is 8.51. The minimum absolute atomic E-state index is 0.0345. The zero-order valence-corrected chi connectivity index (χ0v) is 17.0. The van der Waals surface area contributed by atoms with Crippen LogP contribution in [0.15, 0.2) is 72.8 Å². The molecule has 0 unspecified atom stereocenters. The summed E-state index contributed by atoms with van der Waals surface area (Å²) in [5.41, 5.74) is 3.92. The predicted octanol–water partition coefficient (Wildman–Crippen LogP) is 3.58. The Labute approximate surface area is 179 Å². The maximum absolute atomic E-state index is 14.0. The fourth-order valence-electron chi connectivity index (χ4n) is 4.02. The van der Waals surface area contributed by atoms with Gasteiger partial charge < -0.3 is 9.80 Å². The number of nitrogens with zero attached hydrogens (tertiary/aromatic N) is 5. The van der Waals surface area contributed by atoms with E-state index in [0.717, 1.165) is 11.1 Å². The van der Waals surface area contributed by atoms with E-state index in [-0.39, 0.29) is 11.7 Å². The van der Waals surface area contributed by atoms with Crippen LogP contribution in [0.1, 0.15) is 15.9 Å². The first-order chi connectivity index (χ1) is 15.2. The number of carbonyl (C=O) groups is 1. The van der Waals surface area contributed by atoms with Crippen molar-refractivity contribution in [2.45, 2.75) is 6.54 Å². The van der Waals surface area contributed by atoms with Gasteiger partial charge in [0, 0.05) is 31.7 Å². The number of anilines is 1. The number of hydrogen-bond donors (Lipinski definition) is 0. The predicted molar refractivity (Wildman–Crippen MR) is 118 cm³/mol. The van der Waals surface area contributed by atoms with Crippen LogP contribution < -0.4 is 4.90 Å². The molecule has 7 heteroatoms. The number of halogens is 1. The molecule has 4 aromatic rings. The van der Waals surface area contributed by atoms with Crippen LogP contribution in [0.2, 0.25) is 0 Å². The van der Waals surface area contributed by atoms with Crippen LogP contribution >= 0.6 is 0 Å². The molecule has 0 atom stereocenters. The van der Waals surface area contributed by atoms with E-state index in [2.05, 4.69) is 10.3 Å². The lowest BCUT2D eigenvalue weighted by Gasteiger charge is -2.36. The number of carbonyl (C=O) groups excluding carboxylic acids is 1. The molecule has 3 aromatic carbocycles. The van der Waals surface area contributed by atoms with E-state index in [1.54, 1.807) is 18.2 Å². The molecule has 1 aliphatic rings. The van der Waals surface area contributed by atoms with Crippen LogP contribution in [0, 0.1) is 5.82 Å². The lowest BCUT2D eigenvalue weighted by Crippen LogP contribution is -2.49. The molecule has 0 radical (unpaired) electrons. The van der Waals surface area contributed by atoms with Crippen molar-refractivity contribution in [3.05, 3.63) is 89.7 Å². The van der Waals surface area contributed by atoms with E-state index in [1.807, 2.05) is 63.0 Å². The van der Waals surface area contributed by atoms with E-state index in [9.17, 15) is 9.18 Å². The van der Waals surface area contributed by atoms with Gasteiger partial charge in [-0.1, -0.05) is 47.7 Å². The quantitative estimate of drug-likeness (QED) is 0.511. The standard InChI is InChI=1S/C24H22FN5O/c25-20-8-4-5-9-22(20)28-12-14-29(15-13-28)24(31)19-10-11-23-21(16-19)26-27-30(23)17-18-6-2-1-3-7-18/h1-11,16H,12-15,17H2. The third kappa shape index (κ3) is 3.86. The number of fused-ring (bicyclic) bond motifs is 1. The van der Waals surface area contributed by atoms with Gasteiger partial charge in [-0.2, -0.15) is 0 Å². The topological polar surface area (TPSA) is 54.3 Å². The maximum atomic E-state index is 14.0. The van der Waals surface area contributed by atoms with Gasteiger partial charge in [-0.3, -0.25) is 4.79 Å².